The average molecular weight is 264 g/mol. The van der Waals surface area contributed by atoms with Gasteiger partial charge in [-0.25, -0.2) is 9.50 Å². The minimum Gasteiger partial charge on any atom is -0.367 e. The van der Waals surface area contributed by atoms with Crippen LogP contribution in [0.1, 0.15) is 37.9 Å². The monoisotopic (exact) mass is 263 g/mol. The van der Waals surface area contributed by atoms with E-state index >= 15 is 0 Å². The van der Waals surface area contributed by atoms with E-state index in [-0.39, 0.29) is 11.9 Å². The first kappa shape index (κ1) is 12.7. The number of rotatable bonds is 2. The van der Waals surface area contributed by atoms with Crippen LogP contribution in [0.15, 0.2) is 6.20 Å². The van der Waals surface area contributed by atoms with Crippen LogP contribution in [0.4, 0.5) is 5.95 Å². The average Bonchev–Trinajstić information content (AvgIpc) is 2.60. The molecule has 0 fully saturated rings. The van der Waals surface area contributed by atoms with E-state index in [2.05, 4.69) is 30.0 Å². The molecule has 0 saturated carbocycles. The number of aromatic nitrogens is 3. The van der Waals surface area contributed by atoms with Crippen molar-refractivity contribution < 1.29 is 0 Å². The molecule has 0 radical (unpaired) electrons. The highest BCUT2D eigenvalue weighted by molar-refractivity contribution is 6.35. The van der Waals surface area contributed by atoms with Gasteiger partial charge in [0.2, 0.25) is 5.95 Å². The summed E-state index contributed by atoms with van der Waals surface area (Å²) < 4.78 is 1.63. The smallest absolute Gasteiger partial charge is 0.238 e. The zero-order valence-corrected chi connectivity index (χ0v) is 11.2. The molecule has 2 N–H and O–H groups in total. The standard InChI is InChI=1S/C12H14ClN5/c1-6(2)7(3)11-8(4-14)10(13)9-5-16-12(15)17-18(9)11/h5-7H,1-3H3,(H2,15,17). The lowest BCUT2D eigenvalue weighted by atomic mass is 9.93. The number of nitriles is 1. The number of hydrogen-bond donors (Lipinski definition) is 1. The van der Waals surface area contributed by atoms with Crippen molar-refractivity contribution in [1.29, 1.82) is 5.26 Å². The second-order valence-electron chi connectivity index (χ2n) is 4.63. The number of nitrogens with zero attached hydrogens (tertiary/aromatic N) is 4. The van der Waals surface area contributed by atoms with Crippen LogP contribution >= 0.6 is 11.6 Å². The van der Waals surface area contributed by atoms with Gasteiger partial charge >= 0.3 is 0 Å². The van der Waals surface area contributed by atoms with Gasteiger partial charge in [0.25, 0.3) is 0 Å². The van der Waals surface area contributed by atoms with Gasteiger partial charge in [-0.15, -0.1) is 5.10 Å². The Morgan fingerprint density at radius 3 is 2.67 bits per heavy atom. The van der Waals surface area contributed by atoms with Gasteiger partial charge in [0.1, 0.15) is 11.6 Å². The molecule has 5 nitrogen and oxygen atoms in total. The molecule has 0 spiro atoms. The van der Waals surface area contributed by atoms with Crippen molar-refractivity contribution in [1.82, 2.24) is 14.6 Å². The summed E-state index contributed by atoms with van der Waals surface area (Å²) in [6, 6.07) is 2.15. The summed E-state index contributed by atoms with van der Waals surface area (Å²) in [5.74, 6) is 0.673. The van der Waals surface area contributed by atoms with Crippen molar-refractivity contribution in [2.24, 2.45) is 5.92 Å². The van der Waals surface area contributed by atoms with E-state index in [4.69, 9.17) is 17.3 Å². The fourth-order valence-corrected chi connectivity index (χ4v) is 2.15. The molecule has 0 aromatic carbocycles. The van der Waals surface area contributed by atoms with Crippen molar-refractivity contribution in [2.45, 2.75) is 26.7 Å². The molecule has 1 atom stereocenters. The Hall–Kier alpha value is -1.80. The number of nitrogen functional groups attached to an aromatic ring is 1. The molecule has 0 aliphatic carbocycles. The van der Waals surface area contributed by atoms with E-state index in [1.807, 2.05) is 6.92 Å². The summed E-state index contributed by atoms with van der Waals surface area (Å²) in [6.07, 6.45) is 1.54. The second-order valence-corrected chi connectivity index (χ2v) is 5.01. The molecule has 1 unspecified atom stereocenters. The van der Waals surface area contributed by atoms with E-state index < -0.39 is 0 Å². The minimum atomic E-state index is 0.147. The van der Waals surface area contributed by atoms with E-state index in [1.54, 1.807) is 10.7 Å². The summed E-state index contributed by atoms with van der Waals surface area (Å²) in [5.41, 5.74) is 7.47. The van der Waals surface area contributed by atoms with Crippen LogP contribution in [0.3, 0.4) is 0 Å². The molecule has 94 valence electrons. The number of anilines is 1. The zero-order valence-electron chi connectivity index (χ0n) is 10.5. The predicted molar refractivity (Wildman–Crippen MR) is 70.4 cm³/mol. The van der Waals surface area contributed by atoms with Gasteiger partial charge in [-0.05, 0) is 5.92 Å². The zero-order chi connectivity index (χ0) is 13.4. The maximum Gasteiger partial charge on any atom is 0.238 e. The molecule has 0 amide bonds. The quantitative estimate of drug-likeness (QED) is 0.903. The van der Waals surface area contributed by atoms with Crippen LogP contribution < -0.4 is 5.73 Å². The first-order valence-corrected chi connectivity index (χ1v) is 6.07. The Kier molecular flexibility index (Phi) is 3.14. The van der Waals surface area contributed by atoms with Gasteiger partial charge in [-0.2, -0.15) is 5.26 Å². The number of hydrogen-bond acceptors (Lipinski definition) is 4. The third-order valence-electron chi connectivity index (χ3n) is 3.22. The Bertz CT molecular complexity index is 638. The number of fused-ring (bicyclic) bond motifs is 1. The lowest BCUT2D eigenvalue weighted by Gasteiger charge is -2.15. The van der Waals surface area contributed by atoms with Crippen LogP contribution in [0.25, 0.3) is 5.52 Å². The first-order valence-electron chi connectivity index (χ1n) is 5.70. The molecule has 0 saturated heterocycles. The molecule has 0 aliphatic rings. The van der Waals surface area contributed by atoms with E-state index in [0.29, 0.717) is 22.0 Å². The van der Waals surface area contributed by atoms with Crippen LogP contribution in [0, 0.1) is 17.2 Å². The molecular weight excluding hydrogens is 250 g/mol. The third-order valence-corrected chi connectivity index (χ3v) is 3.60. The summed E-state index contributed by atoms with van der Waals surface area (Å²) in [7, 11) is 0. The highest BCUT2D eigenvalue weighted by atomic mass is 35.5. The maximum atomic E-state index is 9.27. The molecule has 0 bridgehead atoms. The summed E-state index contributed by atoms with van der Waals surface area (Å²) in [4.78, 5) is 3.91. The molecule has 2 aromatic rings. The van der Waals surface area contributed by atoms with Crippen LogP contribution in [-0.2, 0) is 0 Å². The van der Waals surface area contributed by atoms with Crippen LogP contribution in [-0.4, -0.2) is 14.6 Å². The maximum absolute atomic E-state index is 9.27. The summed E-state index contributed by atoms with van der Waals surface area (Å²) in [5, 5.41) is 13.8. The molecule has 6 heteroatoms. The van der Waals surface area contributed by atoms with Gasteiger partial charge in [0.15, 0.2) is 0 Å². The van der Waals surface area contributed by atoms with Gasteiger partial charge in [-0.3, -0.25) is 0 Å². The van der Waals surface area contributed by atoms with Crippen molar-refractivity contribution in [2.75, 3.05) is 5.73 Å². The normalized spacial score (nSPS) is 12.9. The topological polar surface area (TPSA) is 80.0 Å². The van der Waals surface area contributed by atoms with Crippen molar-refractivity contribution >= 4 is 23.1 Å². The molecule has 2 rings (SSSR count). The van der Waals surface area contributed by atoms with Crippen molar-refractivity contribution in [3.8, 4) is 6.07 Å². The van der Waals surface area contributed by atoms with E-state index in [0.717, 1.165) is 5.69 Å². The number of halogens is 1. The highest BCUT2D eigenvalue weighted by Crippen LogP contribution is 2.34. The lowest BCUT2D eigenvalue weighted by Crippen LogP contribution is -2.10. The Labute approximate surface area is 110 Å². The summed E-state index contributed by atoms with van der Waals surface area (Å²) >= 11 is 6.20. The Morgan fingerprint density at radius 2 is 2.11 bits per heavy atom. The van der Waals surface area contributed by atoms with Crippen molar-refractivity contribution in [3.05, 3.63) is 22.5 Å². The number of nitrogens with two attached hydrogens (primary N) is 1. The first-order chi connectivity index (χ1) is 8.47. The fourth-order valence-electron chi connectivity index (χ4n) is 1.89. The van der Waals surface area contributed by atoms with Crippen LogP contribution in [0.2, 0.25) is 5.02 Å². The van der Waals surface area contributed by atoms with E-state index in [9.17, 15) is 5.26 Å². The van der Waals surface area contributed by atoms with Gasteiger partial charge in [-0.1, -0.05) is 32.4 Å². The third kappa shape index (κ3) is 1.79. The highest BCUT2D eigenvalue weighted by Gasteiger charge is 2.24. The lowest BCUT2D eigenvalue weighted by molar-refractivity contribution is 0.513. The van der Waals surface area contributed by atoms with Gasteiger partial charge in [0.05, 0.1) is 22.5 Å². The minimum absolute atomic E-state index is 0.147. The molecule has 18 heavy (non-hydrogen) atoms. The molecule has 0 aliphatic heterocycles. The Balaban J connectivity index is 2.85. The van der Waals surface area contributed by atoms with Crippen molar-refractivity contribution in [3.63, 3.8) is 0 Å². The van der Waals surface area contributed by atoms with Gasteiger partial charge in [0, 0.05) is 5.92 Å². The largest absolute Gasteiger partial charge is 0.367 e. The SMILES string of the molecule is CC(C)C(C)c1c(C#N)c(Cl)c2cnc(N)nn12. The molecule has 2 heterocycles. The van der Waals surface area contributed by atoms with Crippen LogP contribution in [0.5, 0.6) is 0 Å². The van der Waals surface area contributed by atoms with E-state index in [1.165, 1.54) is 0 Å². The second kappa shape index (κ2) is 4.46. The van der Waals surface area contributed by atoms with Gasteiger partial charge < -0.3 is 5.73 Å². The fraction of sp³-hybridized carbons (Fsp3) is 0.417. The molecule has 2 aromatic heterocycles. The Morgan fingerprint density at radius 1 is 1.44 bits per heavy atom. The predicted octanol–water partition coefficient (Wildman–Crippen LogP) is 2.60. The summed E-state index contributed by atoms with van der Waals surface area (Å²) in [6.45, 7) is 6.22. The molecular formula is C12H14ClN5.